The van der Waals surface area contributed by atoms with Crippen molar-refractivity contribution in [1.29, 1.82) is 0 Å². The van der Waals surface area contributed by atoms with E-state index in [9.17, 15) is 19.8 Å². The highest BCUT2D eigenvalue weighted by molar-refractivity contribution is 5.76. The highest BCUT2D eigenvalue weighted by atomic mass is 16.6. The van der Waals surface area contributed by atoms with Crippen LogP contribution in [0.25, 0.3) is 0 Å². The fourth-order valence-corrected chi connectivity index (χ4v) is 11.7. The summed E-state index contributed by atoms with van der Waals surface area (Å²) in [4.78, 5) is 25.7. The van der Waals surface area contributed by atoms with Crippen molar-refractivity contribution in [2.75, 3.05) is 0 Å². The highest BCUT2D eigenvalue weighted by Crippen LogP contribution is 2.80. The molecular weight excluding hydrogens is 456 g/mol. The maximum atomic E-state index is 13.0. The SMILES string of the molecule is CC1=C2C([C@H]3C4C[C@H](C)[C@]5([C@@H]4[C@@](C)(O)CC[C@H]4[C@H](C)C(=O)O[C@@H]45)[C@@H]13)[C@@](C)(O)CC[C@H]1[C@H](C)C(=O)O[C@H]21. The molecule has 0 aromatic carbocycles. The number of aliphatic hydroxyl groups is 2. The van der Waals surface area contributed by atoms with Gasteiger partial charge in [0, 0.05) is 29.1 Å². The molecule has 0 aromatic rings. The summed E-state index contributed by atoms with van der Waals surface area (Å²) >= 11 is 0. The van der Waals surface area contributed by atoms with E-state index in [0.717, 1.165) is 24.8 Å². The number of ether oxygens (including phenoxy) is 2. The van der Waals surface area contributed by atoms with Crippen molar-refractivity contribution in [3.8, 4) is 0 Å². The Labute approximate surface area is 214 Å². The molecule has 0 radical (unpaired) electrons. The van der Waals surface area contributed by atoms with Gasteiger partial charge in [-0.2, -0.15) is 0 Å². The smallest absolute Gasteiger partial charge is 0.309 e. The number of rotatable bonds is 0. The van der Waals surface area contributed by atoms with Crippen LogP contribution in [0.5, 0.6) is 0 Å². The Balaban J connectivity index is 1.46. The molecule has 6 fully saturated rings. The molecule has 2 saturated heterocycles. The van der Waals surface area contributed by atoms with Crippen molar-refractivity contribution in [2.24, 2.45) is 64.6 Å². The zero-order chi connectivity index (χ0) is 25.7. The predicted molar refractivity (Wildman–Crippen MR) is 131 cm³/mol. The molecule has 6 heteroatoms. The fourth-order valence-electron chi connectivity index (χ4n) is 11.7. The third-order valence-electron chi connectivity index (χ3n) is 12.9. The normalized spacial score (nSPS) is 61.0. The lowest BCUT2D eigenvalue weighted by Crippen LogP contribution is -2.53. The molecule has 2 heterocycles. The van der Waals surface area contributed by atoms with Gasteiger partial charge in [-0.1, -0.05) is 26.3 Å². The van der Waals surface area contributed by atoms with Crippen LogP contribution in [0.15, 0.2) is 11.1 Å². The van der Waals surface area contributed by atoms with Gasteiger partial charge in [0.2, 0.25) is 0 Å². The lowest BCUT2D eigenvalue weighted by molar-refractivity contribution is -0.160. The van der Waals surface area contributed by atoms with Gasteiger partial charge < -0.3 is 19.7 Å². The van der Waals surface area contributed by atoms with Crippen LogP contribution in [0.4, 0.5) is 0 Å². The monoisotopic (exact) mass is 498 g/mol. The van der Waals surface area contributed by atoms with Crippen LogP contribution in [-0.2, 0) is 19.1 Å². The second-order valence-electron chi connectivity index (χ2n) is 14.4. The number of fused-ring (bicyclic) bond motifs is 7. The fraction of sp³-hybridized carbons (Fsp3) is 0.867. The first kappa shape index (κ1) is 23.7. The quantitative estimate of drug-likeness (QED) is 0.389. The van der Waals surface area contributed by atoms with Gasteiger partial charge in [-0.15, -0.1) is 0 Å². The van der Waals surface area contributed by atoms with Crippen LogP contribution in [0.2, 0.25) is 0 Å². The molecule has 5 aliphatic carbocycles. The molecule has 0 spiro atoms. The number of esters is 2. The Morgan fingerprint density at radius 1 is 0.833 bits per heavy atom. The number of hydrogen-bond donors (Lipinski definition) is 2. The molecule has 15 atom stereocenters. The molecule has 36 heavy (non-hydrogen) atoms. The van der Waals surface area contributed by atoms with E-state index in [1.165, 1.54) is 5.57 Å². The summed E-state index contributed by atoms with van der Waals surface area (Å²) in [6, 6.07) is 0. The molecule has 2 unspecified atom stereocenters. The zero-order valence-electron chi connectivity index (χ0n) is 22.5. The minimum atomic E-state index is -0.902. The van der Waals surface area contributed by atoms with Gasteiger partial charge in [0.1, 0.15) is 12.2 Å². The van der Waals surface area contributed by atoms with E-state index in [2.05, 4.69) is 13.8 Å². The average molecular weight is 499 g/mol. The van der Waals surface area contributed by atoms with Gasteiger partial charge in [0.25, 0.3) is 0 Å². The molecule has 2 aliphatic heterocycles. The third-order valence-corrected chi connectivity index (χ3v) is 12.9. The summed E-state index contributed by atoms with van der Waals surface area (Å²) in [6.45, 7) is 12.5. The first-order valence-corrected chi connectivity index (χ1v) is 14.4. The van der Waals surface area contributed by atoms with E-state index in [0.29, 0.717) is 18.8 Å². The molecule has 198 valence electrons. The van der Waals surface area contributed by atoms with Gasteiger partial charge in [-0.05, 0) is 82.1 Å². The van der Waals surface area contributed by atoms with Crippen molar-refractivity contribution >= 4 is 11.9 Å². The van der Waals surface area contributed by atoms with Crippen molar-refractivity contribution < 1.29 is 29.3 Å². The number of carbonyl (C=O) groups is 2. The zero-order valence-corrected chi connectivity index (χ0v) is 22.5. The van der Waals surface area contributed by atoms with Gasteiger partial charge in [0.15, 0.2) is 0 Å². The van der Waals surface area contributed by atoms with Crippen molar-refractivity contribution in [3.05, 3.63) is 11.1 Å². The average Bonchev–Trinajstić information content (AvgIpc) is 3.49. The van der Waals surface area contributed by atoms with E-state index < -0.39 is 11.2 Å². The van der Waals surface area contributed by atoms with Gasteiger partial charge in [-0.3, -0.25) is 9.59 Å². The van der Waals surface area contributed by atoms with Crippen molar-refractivity contribution in [1.82, 2.24) is 0 Å². The van der Waals surface area contributed by atoms with Crippen molar-refractivity contribution in [3.63, 3.8) is 0 Å². The lowest BCUT2D eigenvalue weighted by atomic mass is 9.56. The summed E-state index contributed by atoms with van der Waals surface area (Å²) in [6.07, 6.45) is 3.41. The number of carbonyl (C=O) groups excluding carboxylic acids is 2. The molecule has 2 bridgehead atoms. The number of allylic oxidation sites excluding steroid dienone is 1. The van der Waals surface area contributed by atoms with E-state index in [1.807, 2.05) is 27.7 Å². The molecule has 6 nitrogen and oxygen atoms in total. The minimum Gasteiger partial charge on any atom is -0.461 e. The second kappa shape index (κ2) is 6.97. The summed E-state index contributed by atoms with van der Waals surface area (Å²) in [5.74, 6) is 0.421. The first-order valence-electron chi connectivity index (χ1n) is 14.4. The largest absolute Gasteiger partial charge is 0.461 e. The van der Waals surface area contributed by atoms with E-state index >= 15 is 0 Å². The van der Waals surface area contributed by atoms with Crippen LogP contribution in [0, 0.1) is 64.6 Å². The van der Waals surface area contributed by atoms with Crippen molar-refractivity contribution in [2.45, 2.75) is 97.1 Å². The molecule has 0 aromatic heterocycles. The van der Waals surface area contributed by atoms with Crippen LogP contribution >= 0.6 is 0 Å². The second-order valence-corrected chi connectivity index (χ2v) is 14.4. The molecule has 7 aliphatic rings. The predicted octanol–water partition coefficient (Wildman–Crippen LogP) is 3.88. The molecular formula is C30H42O6. The first-order chi connectivity index (χ1) is 16.8. The summed E-state index contributed by atoms with van der Waals surface area (Å²) in [5, 5.41) is 24.1. The van der Waals surface area contributed by atoms with E-state index in [4.69, 9.17) is 9.47 Å². The Kier molecular flexibility index (Phi) is 4.59. The maximum Gasteiger partial charge on any atom is 0.309 e. The Bertz CT molecular complexity index is 1070. The standard InChI is InChI=1S/C30H42O6/c1-12-11-18-20-21(30(12)24(18)29(6,34)10-8-17-14(3)27(32)36-25(17)30)15(4)19-22(20)28(5,33)9-7-16-13(2)26(31)35-23(16)19/h12-14,16-18,20-25,33-34H,7-11H2,1-6H3/t12-,13-,14-,16-,17-,18?,20-,21-,22?,23-,24-,25-,28-,29-,30+/m0/s1. The Morgan fingerprint density at radius 2 is 1.44 bits per heavy atom. The summed E-state index contributed by atoms with van der Waals surface area (Å²) in [7, 11) is 0. The van der Waals surface area contributed by atoms with E-state index in [1.54, 1.807) is 0 Å². The van der Waals surface area contributed by atoms with Crippen LogP contribution < -0.4 is 0 Å². The topological polar surface area (TPSA) is 93.1 Å². The third kappa shape index (κ3) is 2.48. The maximum absolute atomic E-state index is 13.0. The van der Waals surface area contributed by atoms with Gasteiger partial charge >= 0.3 is 11.9 Å². The Morgan fingerprint density at radius 3 is 2.17 bits per heavy atom. The number of hydrogen-bond acceptors (Lipinski definition) is 6. The molecule has 4 saturated carbocycles. The molecule has 0 amide bonds. The van der Waals surface area contributed by atoms with Crippen LogP contribution in [0.3, 0.4) is 0 Å². The van der Waals surface area contributed by atoms with Crippen LogP contribution in [0.1, 0.15) is 73.6 Å². The van der Waals surface area contributed by atoms with Gasteiger partial charge in [-0.25, -0.2) is 0 Å². The van der Waals surface area contributed by atoms with Crippen LogP contribution in [-0.4, -0.2) is 45.6 Å². The summed E-state index contributed by atoms with van der Waals surface area (Å²) in [5.41, 5.74) is 0.300. The summed E-state index contributed by atoms with van der Waals surface area (Å²) < 4.78 is 12.4. The van der Waals surface area contributed by atoms with E-state index in [-0.39, 0.29) is 82.8 Å². The van der Waals surface area contributed by atoms with Gasteiger partial charge in [0.05, 0.1) is 23.0 Å². The Hall–Kier alpha value is -1.40. The minimum absolute atomic E-state index is 0.0273. The molecule has 7 rings (SSSR count). The molecule has 2 N–H and O–H groups in total. The lowest BCUT2D eigenvalue weighted by Gasteiger charge is -2.50. The highest BCUT2D eigenvalue weighted by Gasteiger charge is 2.80.